The fraction of sp³-hybridized carbons (Fsp3) is 0.429. The van der Waals surface area contributed by atoms with Gasteiger partial charge in [-0.15, -0.1) is 0 Å². The number of likely N-dealkylation sites (tertiary alicyclic amines) is 1. The molecule has 10 heteroatoms. The van der Waals surface area contributed by atoms with E-state index in [0.717, 1.165) is 12.8 Å². The van der Waals surface area contributed by atoms with Crippen LogP contribution in [0.15, 0.2) is 24.5 Å². The van der Waals surface area contributed by atoms with Gasteiger partial charge in [-0.1, -0.05) is 17.7 Å². The van der Waals surface area contributed by atoms with Crippen molar-refractivity contribution < 1.29 is 18.7 Å². The minimum Gasteiger partial charge on any atom is -0.470 e. The lowest BCUT2D eigenvalue weighted by molar-refractivity contribution is 0.0793. The maximum absolute atomic E-state index is 15.1. The van der Waals surface area contributed by atoms with Crippen LogP contribution in [0.4, 0.5) is 26.4 Å². The number of amides is 1. The summed E-state index contributed by atoms with van der Waals surface area (Å²) in [6.07, 6.45) is 1.99. The number of benzene rings is 1. The maximum atomic E-state index is 15.1. The summed E-state index contributed by atoms with van der Waals surface area (Å²) < 4.78 is 26.3. The molecule has 1 atom stereocenters. The first-order valence-corrected chi connectivity index (χ1v) is 10.3. The number of ether oxygens (including phenoxy) is 2. The molecule has 1 unspecified atom stereocenters. The third-order valence-electron chi connectivity index (χ3n) is 5.41. The fourth-order valence-electron chi connectivity index (χ4n) is 3.62. The number of rotatable bonds is 5. The van der Waals surface area contributed by atoms with Crippen molar-refractivity contribution in [3.05, 3.63) is 46.8 Å². The van der Waals surface area contributed by atoms with Crippen molar-refractivity contribution in [2.75, 3.05) is 18.4 Å². The van der Waals surface area contributed by atoms with E-state index >= 15 is 4.39 Å². The van der Waals surface area contributed by atoms with E-state index in [1.54, 1.807) is 30.9 Å². The van der Waals surface area contributed by atoms with Crippen molar-refractivity contribution >= 4 is 34.9 Å². The second-order valence-electron chi connectivity index (χ2n) is 8.02. The Hall–Kier alpha value is -3.12. The Balaban J connectivity index is 1.50. The van der Waals surface area contributed by atoms with Gasteiger partial charge >= 0.3 is 6.09 Å². The molecule has 2 fully saturated rings. The molecule has 1 aliphatic heterocycles. The van der Waals surface area contributed by atoms with Crippen molar-refractivity contribution in [1.29, 1.82) is 0 Å². The van der Waals surface area contributed by atoms with E-state index in [1.165, 1.54) is 12.4 Å². The molecule has 8 nitrogen and oxygen atoms in total. The zero-order valence-electron chi connectivity index (χ0n) is 17.1. The Morgan fingerprint density at radius 1 is 1.42 bits per heavy atom. The average Bonchev–Trinajstić information content (AvgIpc) is 3.41. The second kappa shape index (κ2) is 8.19. The first-order valence-electron chi connectivity index (χ1n) is 9.88. The molecule has 0 bridgehead atoms. The molecule has 1 N–H and O–H groups in total. The first kappa shape index (κ1) is 21.1. The monoisotopic (exact) mass is 445 g/mol. The largest absolute Gasteiger partial charge is 0.470 e. The first-order chi connectivity index (χ1) is 14.8. The summed E-state index contributed by atoms with van der Waals surface area (Å²) in [6, 6.07) is 4.62. The number of carbonyl (C=O) groups is 1. The van der Waals surface area contributed by atoms with Crippen molar-refractivity contribution in [2.45, 2.75) is 38.9 Å². The van der Waals surface area contributed by atoms with Gasteiger partial charge < -0.3 is 19.7 Å². The Labute approximate surface area is 184 Å². The van der Waals surface area contributed by atoms with Crippen LogP contribution in [-0.2, 0) is 4.74 Å². The number of nitrogens with one attached hydrogen (secondary N) is 1. The number of halogens is 2. The highest BCUT2D eigenvalue weighted by Gasteiger charge is 2.58. The summed E-state index contributed by atoms with van der Waals surface area (Å²) in [5.74, 6) is -1.05. The summed E-state index contributed by atoms with van der Waals surface area (Å²) in [5, 5.41) is 3.08. The maximum Gasteiger partial charge on any atom is 0.410 e. The zero-order valence-corrected chi connectivity index (χ0v) is 17.8. The molecule has 2 aromatic rings. The molecule has 1 spiro atoms. The lowest BCUT2D eigenvalue weighted by atomic mass is 10.0. The predicted molar refractivity (Wildman–Crippen MR) is 112 cm³/mol. The lowest BCUT2D eigenvalue weighted by Gasteiger charge is -2.19. The van der Waals surface area contributed by atoms with Crippen LogP contribution in [0.5, 0.6) is 5.88 Å². The topological polar surface area (TPSA) is 80.9 Å². The normalized spacial score (nSPS) is 18.7. The smallest absolute Gasteiger partial charge is 0.410 e. The summed E-state index contributed by atoms with van der Waals surface area (Å²) >= 11 is 6.16. The van der Waals surface area contributed by atoms with Gasteiger partial charge in [0.2, 0.25) is 5.82 Å². The lowest BCUT2D eigenvalue weighted by Crippen LogP contribution is -2.33. The van der Waals surface area contributed by atoms with Gasteiger partial charge in [-0.25, -0.2) is 14.6 Å². The molecular formula is C21H21ClFN5O3. The highest BCUT2D eigenvalue weighted by molar-refractivity contribution is 6.33. The van der Waals surface area contributed by atoms with E-state index in [9.17, 15) is 4.79 Å². The van der Waals surface area contributed by atoms with E-state index in [-0.39, 0.29) is 34.3 Å². The number of hydrogen-bond donors (Lipinski definition) is 1. The van der Waals surface area contributed by atoms with E-state index in [0.29, 0.717) is 24.5 Å². The van der Waals surface area contributed by atoms with Crippen LogP contribution in [0.1, 0.15) is 26.7 Å². The van der Waals surface area contributed by atoms with Gasteiger partial charge in [-0.05, 0) is 38.8 Å². The molecular weight excluding hydrogens is 425 g/mol. The number of carbonyl (C=O) groups excluding carboxylic acids is 1. The molecule has 2 aliphatic rings. The number of hydrogen-bond acceptors (Lipinski definition) is 6. The van der Waals surface area contributed by atoms with Crippen molar-refractivity contribution in [3.63, 3.8) is 0 Å². The molecule has 0 radical (unpaired) electrons. The quantitative estimate of drug-likeness (QED) is 0.656. The minimum atomic E-state index is -0.758. The van der Waals surface area contributed by atoms with Crippen molar-refractivity contribution in [3.8, 4) is 5.88 Å². The van der Waals surface area contributed by atoms with Gasteiger partial charge in [0.1, 0.15) is 12.4 Å². The van der Waals surface area contributed by atoms with Gasteiger partial charge in [-0.3, -0.25) is 0 Å². The summed E-state index contributed by atoms with van der Waals surface area (Å²) in [5.41, 5.74) is 0.582. The van der Waals surface area contributed by atoms with Gasteiger partial charge in [0.15, 0.2) is 11.5 Å². The van der Waals surface area contributed by atoms with Crippen LogP contribution in [0.25, 0.3) is 4.85 Å². The second-order valence-corrected chi connectivity index (χ2v) is 8.43. The molecule has 1 aliphatic carbocycles. The number of anilines is 2. The Morgan fingerprint density at radius 3 is 2.84 bits per heavy atom. The van der Waals surface area contributed by atoms with E-state index < -0.39 is 11.9 Å². The van der Waals surface area contributed by atoms with Crippen LogP contribution in [0.2, 0.25) is 5.02 Å². The summed E-state index contributed by atoms with van der Waals surface area (Å²) in [4.78, 5) is 25.1. The number of nitrogens with zero attached hydrogens (tertiary/aromatic N) is 4. The van der Waals surface area contributed by atoms with E-state index in [1.807, 2.05) is 0 Å². The van der Waals surface area contributed by atoms with Gasteiger partial charge in [0.05, 0.1) is 29.9 Å². The molecule has 162 valence electrons. The molecule has 4 rings (SSSR count). The van der Waals surface area contributed by atoms with E-state index in [2.05, 4.69) is 20.1 Å². The Bertz CT molecular complexity index is 1050. The molecule has 2 heterocycles. The molecule has 1 amide bonds. The SMILES string of the molecule is [C-]#[N+]c1ccc(Nc2ncnc(OC3CN(C(=O)OC(C)C)CC34CC4)c2F)c(Cl)c1. The molecule has 31 heavy (non-hydrogen) atoms. The standard InChI is InChI=1S/C21H21ClFN5O3/c1-12(2)30-20(29)28-9-16(21(10-28)6-7-21)31-19-17(23)18(25-11-26-19)27-15-5-4-13(24-3)8-14(15)22/h4-5,8,11-12,16H,6-7,9-10H2,1-2H3,(H,25,26,27). The van der Waals surface area contributed by atoms with E-state index in [4.69, 9.17) is 27.6 Å². The fourth-order valence-corrected chi connectivity index (χ4v) is 3.84. The highest BCUT2D eigenvalue weighted by Crippen LogP contribution is 2.54. The highest BCUT2D eigenvalue weighted by atomic mass is 35.5. The van der Waals surface area contributed by atoms with Crippen LogP contribution in [0.3, 0.4) is 0 Å². The molecule has 1 aromatic heterocycles. The van der Waals surface area contributed by atoms with Crippen LogP contribution < -0.4 is 10.1 Å². The summed E-state index contributed by atoms with van der Waals surface area (Å²) in [7, 11) is 0. The summed E-state index contributed by atoms with van der Waals surface area (Å²) in [6.45, 7) is 11.4. The minimum absolute atomic E-state index is 0.0959. The third kappa shape index (κ3) is 4.35. The van der Waals surface area contributed by atoms with Crippen molar-refractivity contribution in [2.24, 2.45) is 5.41 Å². The van der Waals surface area contributed by atoms with Gasteiger partial charge in [0, 0.05) is 12.0 Å². The van der Waals surface area contributed by atoms with Crippen LogP contribution in [-0.4, -0.2) is 46.3 Å². The zero-order chi connectivity index (χ0) is 22.2. The van der Waals surface area contributed by atoms with Crippen molar-refractivity contribution in [1.82, 2.24) is 14.9 Å². The molecule has 1 aromatic carbocycles. The predicted octanol–water partition coefficient (Wildman–Crippen LogP) is 4.95. The van der Waals surface area contributed by atoms with Gasteiger partial charge in [-0.2, -0.15) is 9.37 Å². The third-order valence-corrected chi connectivity index (χ3v) is 5.72. The average molecular weight is 446 g/mol. The van der Waals surface area contributed by atoms with Crippen LogP contribution in [0, 0.1) is 17.8 Å². The molecule has 1 saturated carbocycles. The van der Waals surface area contributed by atoms with Crippen LogP contribution >= 0.6 is 11.6 Å². The molecule has 1 saturated heterocycles. The van der Waals surface area contributed by atoms with Gasteiger partial charge in [0.25, 0.3) is 5.88 Å². The number of aromatic nitrogens is 2. The Kier molecular flexibility index (Phi) is 5.58. The Morgan fingerprint density at radius 2 is 2.19 bits per heavy atom.